The van der Waals surface area contributed by atoms with E-state index in [1.54, 1.807) is 0 Å². The zero-order valence-electron chi connectivity index (χ0n) is 14.6. The molecule has 1 aliphatic rings. The van der Waals surface area contributed by atoms with Gasteiger partial charge in [0.2, 0.25) is 0 Å². The van der Waals surface area contributed by atoms with E-state index in [2.05, 4.69) is 38.1 Å². The lowest BCUT2D eigenvalue weighted by atomic mass is 9.98. The van der Waals surface area contributed by atoms with E-state index in [0.29, 0.717) is 6.42 Å². The molecule has 4 rings (SSSR count). The molecule has 3 heterocycles. The molecule has 0 amide bonds. The molecular formula is C20H22N4O. The molecule has 1 fully saturated rings. The fraction of sp³-hybridized carbons (Fsp3) is 0.350. The van der Waals surface area contributed by atoms with E-state index in [1.165, 1.54) is 0 Å². The van der Waals surface area contributed by atoms with Crippen LogP contribution in [-0.4, -0.2) is 33.4 Å². The summed E-state index contributed by atoms with van der Waals surface area (Å²) in [6, 6.07) is 8.36. The number of aryl methyl sites for hydroxylation is 1. The summed E-state index contributed by atoms with van der Waals surface area (Å²) >= 11 is 0. The minimum atomic E-state index is 0.140. The van der Waals surface area contributed by atoms with Gasteiger partial charge in [0, 0.05) is 48.8 Å². The lowest BCUT2D eigenvalue weighted by molar-refractivity contribution is -0.121. The molecule has 2 aromatic heterocycles. The van der Waals surface area contributed by atoms with Crippen LogP contribution in [0.4, 0.5) is 0 Å². The fourth-order valence-corrected chi connectivity index (χ4v) is 3.47. The van der Waals surface area contributed by atoms with Crippen LogP contribution in [0.15, 0.2) is 36.7 Å². The van der Waals surface area contributed by atoms with Gasteiger partial charge in [-0.3, -0.25) is 9.78 Å². The van der Waals surface area contributed by atoms with E-state index < -0.39 is 0 Å². The van der Waals surface area contributed by atoms with Crippen LogP contribution >= 0.6 is 0 Å². The van der Waals surface area contributed by atoms with Gasteiger partial charge in [0.1, 0.15) is 11.6 Å². The third-order valence-electron chi connectivity index (χ3n) is 5.17. The topological polar surface area (TPSA) is 59.8 Å². The Morgan fingerprint density at radius 2 is 2.12 bits per heavy atom. The highest BCUT2D eigenvalue weighted by atomic mass is 16.1. The molecule has 0 bridgehead atoms. The maximum Gasteiger partial charge on any atom is 0.143 e. The van der Waals surface area contributed by atoms with Gasteiger partial charge in [-0.25, -0.2) is 4.98 Å². The second-order valence-corrected chi connectivity index (χ2v) is 6.82. The lowest BCUT2D eigenvalue weighted by Crippen LogP contribution is -2.19. The normalized spacial score (nSPS) is 17.3. The van der Waals surface area contributed by atoms with Crippen LogP contribution < -0.4 is 5.32 Å². The Morgan fingerprint density at radius 1 is 1.24 bits per heavy atom. The first-order chi connectivity index (χ1) is 12.1. The molecule has 5 nitrogen and oxygen atoms in total. The number of benzene rings is 1. The van der Waals surface area contributed by atoms with Crippen molar-refractivity contribution in [3.8, 4) is 11.3 Å². The van der Waals surface area contributed by atoms with Crippen molar-refractivity contribution in [1.29, 1.82) is 0 Å². The average Bonchev–Trinajstić information content (AvgIpc) is 3.26. The predicted molar refractivity (Wildman–Crippen MR) is 98.4 cm³/mol. The fourth-order valence-electron chi connectivity index (χ4n) is 3.47. The molecule has 0 saturated carbocycles. The van der Waals surface area contributed by atoms with Gasteiger partial charge in [-0.15, -0.1) is 0 Å². The maximum atomic E-state index is 12.4. The van der Waals surface area contributed by atoms with Crippen molar-refractivity contribution in [3.63, 3.8) is 0 Å². The number of carbonyl (C=O) groups excluding carboxylic acids is 1. The van der Waals surface area contributed by atoms with Gasteiger partial charge in [0.15, 0.2) is 0 Å². The van der Waals surface area contributed by atoms with Gasteiger partial charge in [-0.2, -0.15) is 0 Å². The molecule has 0 radical (unpaired) electrons. The summed E-state index contributed by atoms with van der Waals surface area (Å²) in [4.78, 5) is 21.3. The van der Waals surface area contributed by atoms with Gasteiger partial charge >= 0.3 is 0 Å². The second-order valence-electron chi connectivity index (χ2n) is 6.82. The molecule has 128 valence electrons. The Bertz CT molecular complexity index is 938. The SMILES string of the molecule is Cc1ncc(-c2ccc3cnc(CC(=O)C4CCNC4)cc3c2)n1C. The van der Waals surface area contributed by atoms with E-state index in [0.717, 1.165) is 53.1 Å². The first-order valence-electron chi connectivity index (χ1n) is 8.72. The monoisotopic (exact) mass is 334 g/mol. The van der Waals surface area contributed by atoms with E-state index in [-0.39, 0.29) is 11.7 Å². The molecule has 3 aromatic rings. The summed E-state index contributed by atoms with van der Waals surface area (Å²) in [6.45, 7) is 3.74. The van der Waals surface area contributed by atoms with Crippen molar-refractivity contribution < 1.29 is 4.79 Å². The molecule has 5 heteroatoms. The number of ketones is 1. The molecule has 1 aromatic carbocycles. The molecule has 0 spiro atoms. The van der Waals surface area contributed by atoms with Gasteiger partial charge in [0.25, 0.3) is 0 Å². The number of nitrogens with zero attached hydrogens (tertiary/aromatic N) is 3. The molecule has 0 aliphatic carbocycles. The van der Waals surface area contributed by atoms with Crippen molar-refractivity contribution in [3.05, 3.63) is 48.2 Å². The predicted octanol–water partition coefficient (Wildman–Crippen LogP) is 2.66. The Hall–Kier alpha value is -2.53. The Balaban J connectivity index is 1.64. The summed E-state index contributed by atoms with van der Waals surface area (Å²) < 4.78 is 2.08. The first-order valence-corrected chi connectivity index (χ1v) is 8.72. The largest absolute Gasteiger partial charge is 0.331 e. The Labute approximate surface area is 147 Å². The quantitative estimate of drug-likeness (QED) is 0.797. The van der Waals surface area contributed by atoms with Crippen LogP contribution in [0.1, 0.15) is 17.9 Å². The third-order valence-corrected chi connectivity index (χ3v) is 5.17. The molecule has 1 unspecified atom stereocenters. The summed E-state index contributed by atoms with van der Waals surface area (Å²) in [5.41, 5.74) is 3.06. The molecule has 1 aliphatic heterocycles. The number of carbonyl (C=O) groups is 1. The van der Waals surface area contributed by atoms with Crippen LogP contribution in [0.2, 0.25) is 0 Å². The van der Waals surface area contributed by atoms with Crippen LogP contribution in [0.3, 0.4) is 0 Å². The van der Waals surface area contributed by atoms with Crippen molar-refractivity contribution in [2.75, 3.05) is 13.1 Å². The average molecular weight is 334 g/mol. The van der Waals surface area contributed by atoms with Crippen LogP contribution in [-0.2, 0) is 18.3 Å². The number of hydrogen-bond donors (Lipinski definition) is 1. The molecule has 1 N–H and O–H groups in total. The summed E-state index contributed by atoms with van der Waals surface area (Å²) in [6.07, 6.45) is 5.12. The van der Waals surface area contributed by atoms with E-state index >= 15 is 0 Å². The summed E-state index contributed by atoms with van der Waals surface area (Å²) in [5.74, 6) is 1.41. The number of nitrogens with one attached hydrogen (secondary N) is 1. The smallest absolute Gasteiger partial charge is 0.143 e. The Morgan fingerprint density at radius 3 is 2.84 bits per heavy atom. The number of rotatable bonds is 4. The number of imidazole rings is 1. The van der Waals surface area contributed by atoms with Gasteiger partial charge in [-0.1, -0.05) is 12.1 Å². The number of aromatic nitrogens is 3. The second kappa shape index (κ2) is 6.41. The van der Waals surface area contributed by atoms with E-state index in [1.807, 2.05) is 32.4 Å². The van der Waals surface area contributed by atoms with Gasteiger partial charge < -0.3 is 9.88 Å². The van der Waals surface area contributed by atoms with Gasteiger partial charge in [-0.05, 0) is 37.4 Å². The highest BCUT2D eigenvalue weighted by molar-refractivity contribution is 5.88. The number of Topliss-reactive ketones (excluding diaryl/α,β-unsaturated/α-hetero) is 1. The zero-order valence-corrected chi connectivity index (χ0v) is 14.6. The minimum absolute atomic E-state index is 0.140. The summed E-state index contributed by atoms with van der Waals surface area (Å²) in [7, 11) is 2.02. The Kier molecular flexibility index (Phi) is 4.09. The molecular weight excluding hydrogens is 312 g/mol. The van der Waals surface area contributed by atoms with Crippen molar-refractivity contribution >= 4 is 16.6 Å². The van der Waals surface area contributed by atoms with Crippen LogP contribution in [0.5, 0.6) is 0 Å². The molecule has 1 atom stereocenters. The van der Waals surface area contributed by atoms with Crippen molar-refractivity contribution in [1.82, 2.24) is 19.9 Å². The number of fused-ring (bicyclic) bond motifs is 1. The standard InChI is InChI=1S/C20H22N4O/c1-13-22-12-19(24(13)2)14-3-4-15-11-23-18(8-17(15)7-14)9-20(25)16-5-6-21-10-16/h3-4,7-8,11-12,16,21H,5-6,9-10H2,1-2H3. The lowest BCUT2D eigenvalue weighted by Gasteiger charge is -2.09. The van der Waals surface area contributed by atoms with Crippen molar-refractivity contribution in [2.45, 2.75) is 19.8 Å². The maximum absolute atomic E-state index is 12.4. The molecule has 25 heavy (non-hydrogen) atoms. The highest BCUT2D eigenvalue weighted by Gasteiger charge is 2.22. The van der Waals surface area contributed by atoms with Gasteiger partial charge in [0.05, 0.1) is 11.9 Å². The van der Waals surface area contributed by atoms with Crippen LogP contribution in [0, 0.1) is 12.8 Å². The summed E-state index contributed by atoms with van der Waals surface area (Å²) in [5, 5.41) is 5.45. The zero-order chi connectivity index (χ0) is 17.4. The number of pyridine rings is 1. The number of hydrogen-bond acceptors (Lipinski definition) is 4. The van der Waals surface area contributed by atoms with E-state index in [9.17, 15) is 4.79 Å². The minimum Gasteiger partial charge on any atom is -0.331 e. The van der Waals surface area contributed by atoms with E-state index in [4.69, 9.17) is 0 Å². The first kappa shape index (κ1) is 16.0. The van der Waals surface area contributed by atoms with Crippen molar-refractivity contribution in [2.24, 2.45) is 13.0 Å². The molecule has 1 saturated heterocycles. The van der Waals surface area contributed by atoms with Crippen LogP contribution in [0.25, 0.3) is 22.0 Å². The highest BCUT2D eigenvalue weighted by Crippen LogP contribution is 2.25. The third kappa shape index (κ3) is 3.07.